The van der Waals surface area contributed by atoms with Crippen molar-refractivity contribution in [1.29, 1.82) is 0 Å². The van der Waals surface area contributed by atoms with Gasteiger partial charge in [0.05, 0.1) is 16.3 Å². The van der Waals surface area contributed by atoms with Gasteiger partial charge in [0.15, 0.2) is 0 Å². The van der Waals surface area contributed by atoms with Gasteiger partial charge in [0.2, 0.25) is 5.89 Å². The van der Waals surface area contributed by atoms with Crippen LogP contribution in [0.15, 0.2) is 38.8 Å². The summed E-state index contributed by atoms with van der Waals surface area (Å²) in [7, 11) is 0. The molecule has 0 unspecified atom stereocenters. The van der Waals surface area contributed by atoms with Gasteiger partial charge in [-0.25, -0.2) is 4.98 Å². The zero-order chi connectivity index (χ0) is 16.4. The molecule has 1 fully saturated rings. The summed E-state index contributed by atoms with van der Waals surface area (Å²) in [6, 6.07) is 6.05. The Kier molecular flexibility index (Phi) is 4.46. The Morgan fingerprint density at radius 2 is 1.88 bits per heavy atom. The monoisotopic (exact) mass is 344 g/mol. The van der Waals surface area contributed by atoms with E-state index in [-0.39, 0.29) is 0 Å². The highest BCUT2D eigenvalue weighted by atomic mass is 32.1. The van der Waals surface area contributed by atoms with E-state index in [1.807, 2.05) is 30.5 Å². The van der Waals surface area contributed by atoms with Crippen molar-refractivity contribution in [1.82, 2.24) is 19.9 Å². The first-order valence-corrected chi connectivity index (χ1v) is 8.99. The highest BCUT2D eigenvalue weighted by Crippen LogP contribution is 2.24. The normalized spacial score (nSPS) is 16.7. The summed E-state index contributed by atoms with van der Waals surface area (Å²) in [6.07, 6.45) is 1.78. The van der Waals surface area contributed by atoms with Crippen molar-refractivity contribution >= 4 is 11.3 Å². The summed E-state index contributed by atoms with van der Waals surface area (Å²) in [4.78, 5) is 10.5. The summed E-state index contributed by atoms with van der Waals surface area (Å²) >= 11 is 1.65. The summed E-state index contributed by atoms with van der Waals surface area (Å²) in [5, 5.41) is 6.11. The Morgan fingerprint density at radius 1 is 1.12 bits per heavy atom. The molecule has 0 aliphatic carbocycles. The molecule has 1 aliphatic rings. The molecule has 0 atom stereocenters. The second-order valence-electron chi connectivity index (χ2n) is 6.10. The van der Waals surface area contributed by atoms with Crippen molar-refractivity contribution in [3.05, 3.63) is 47.0 Å². The summed E-state index contributed by atoms with van der Waals surface area (Å²) in [5.74, 6) is 1.59. The Labute approximate surface area is 144 Å². The zero-order valence-corrected chi connectivity index (χ0v) is 14.5. The smallest absolute Gasteiger partial charge is 0.236 e. The quantitative estimate of drug-likeness (QED) is 0.709. The standard InChI is InChI=1S/C17H20N4O2S/c1-13-9-14(19-23-13)10-20-4-6-21(7-5-20)11-15-12-22-17(18-15)16-3-2-8-24-16/h2-3,8-9,12H,4-7,10-11H2,1H3. The first kappa shape index (κ1) is 15.6. The molecular formula is C17H20N4O2S. The Hall–Kier alpha value is -1.96. The van der Waals surface area contributed by atoms with Gasteiger partial charge in [-0.1, -0.05) is 11.2 Å². The van der Waals surface area contributed by atoms with Gasteiger partial charge in [-0.15, -0.1) is 11.3 Å². The lowest BCUT2D eigenvalue weighted by atomic mass is 10.2. The minimum Gasteiger partial charge on any atom is -0.444 e. The van der Waals surface area contributed by atoms with E-state index >= 15 is 0 Å². The van der Waals surface area contributed by atoms with Crippen LogP contribution in [0.4, 0.5) is 0 Å². The average molecular weight is 344 g/mol. The SMILES string of the molecule is Cc1cc(CN2CCN(Cc3coc(-c4cccs4)n3)CC2)no1. The highest BCUT2D eigenvalue weighted by Gasteiger charge is 2.19. The zero-order valence-electron chi connectivity index (χ0n) is 13.6. The van der Waals surface area contributed by atoms with E-state index in [0.717, 1.165) is 67.2 Å². The second-order valence-corrected chi connectivity index (χ2v) is 7.05. The van der Waals surface area contributed by atoms with Crippen LogP contribution in [0.1, 0.15) is 17.1 Å². The molecule has 0 saturated carbocycles. The molecule has 3 aromatic heterocycles. The van der Waals surface area contributed by atoms with Crippen LogP contribution in [-0.2, 0) is 13.1 Å². The summed E-state index contributed by atoms with van der Waals surface area (Å²) < 4.78 is 10.7. The van der Waals surface area contributed by atoms with Crippen LogP contribution in [0, 0.1) is 6.92 Å². The predicted octanol–water partition coefficient (Wildman–Crippen LogP) is 3.02. The third-order valence-corrected chi connectivity index (χ3v) is 5.05. The molecule has 4 rings (SSSR count). The predicted molar refractivity (Wildman–Crippen MR) is 91.6 cm³/mol. The molecule has 24 heavy (non-hydrogen) atoms. The molecule has 0 bridgehead atoms. The van der Waals surface area contributed by atoms with Crippen LogP contribution in [0.2, 0.25) is 0 Å². The van der Waals surface area contributed by atoms with Crippen LogP contribution < -0.4 is 0 Å². The van der Waals surface area contributed by atoms with Crippen molar-refractivity contribution in [2.75, 3.05) is 26.2 Å². The Bertz CT molecular complexity index is 772. The fraction of sp³-hybridized carbons (Fsp3) is 0.412. The van der Waals surface area contributed by atoms with E-state index in [9.17, 15) is 0 Å². The van der Waals surface area contributed by atoms with Gasteiger partial charge in [-0.05, 0) is 18.4 Å². The molecule has 7 heteroatoms. The molecule has 4 heterocycles. The number of hydrogen-bond donors (Lipinski definition) is 0. The largest absolute Gasteiger partial charge is 0.444 e. The molecule has 1 aliphatic heterocycles. The van der Waals surface area contributed by atoms with Gasteiger partial charge >= 0.3 is 0 Å². The van der Waals surface area contributed by atoms with E-state index in [2.05, 4.69) is 19.9 Å². The van der Waals surface area contributed by atoms with Crippen molar-refractivity contribution in [3.63, 3.8) is 0 Å². The van der Waals surface area contributed by atoms with Crippen LogP contribution in [0.3, 0.4) is 0 Å². The molecule has 6 nitrogen and oxygen atoms in total. The lowest BCUT2D eigenvalue weighted by molar-refractivity contribution is 0.119. The van der Waals surface area contributed by atoms with Crippen molar-refractivity contribution < 1.29 is 8.94 Å². The molecule has 0 spiro atoms. The fourth-order valence-corrected chi connectivity index (χ4v) is 3.60. The van der Waals surface area contributed by atoms with E-state index in [1.54, 1.807) is 17.6 Å². The number of nitrogens with zero attached hydrogens (tertiary/aromatic N) is 4. The molecule has 0 N–H and O–H groups in total. The minimum absolute atomic E-state index is 0.722. The summed E-state index contributed by atoms with van der Waals surface area (Å²) in [6.45, 7) is 7.74. The first-order valence-electron chi connectivity index (χ1n) is 8.11. The number of aryl methyl sites for hydroxylation is 1. The van der Waals surface area contributed by atoms with Gasteiger partial charge in [0.25, 0.3) is 0 Å². The lowest BCUT2D eigenvalue weighted by Crippen LogP contribution is -2.45. The number of piperazine rings is 1. The van der Waals surface area contributed by atoms with Crippen LogP contribution in [0.5, 0.6) is 0 Å². The fourth-order valence-electron chi connectivity index (χ4n) is 2.95. The molecule has 1 saturated heterocycles. The van der Waals surface area contributed by atoms with Gasteiger partial charge in [0.1, 0.15) is 12.0 Å². The Balaban J connectivity index is 1.29. The van der Waals surface area contributed by atoms with Gasteiger partial charge in [-0.3, -0.25) is 9.80 Å². The average Bonchev–Trinajstić information content (AvgIpc) is 3.31. The number of rotatable bonds is 5. The number of hydrogen-bond acceptors (Lipinski definition) is 7. The Morgan fingerprint density at radius 3 is 2.50 bits per heavy atom. The lowest BCUT2D eigenvalue weighted by Gasteiger charge is -2.33. The number of oxazole rings is 1. The topological polar surface area (TPSA) is 58.5 Å². The van der Waals surface area contributed by atoms with E-state index in [4.69, 9.17) is 8.94 Å². The summed E-state index contributed by atoms with van der Waals surface area (Å²) in [5.41, 5.74) is 2.01. The highest BCUT2D eigenvalue weighted by molar-refractivity contribution is 7.13. The molecule has 126 valence electrons. The van der Waals surface area contributed by atoms with Crippen LogP contribution in [0.25, 0.3) is 10.8 Å². The molecule has 0 amide bonds. The first-order chi connectivity index (χ1) is 11.8. The van der Waals surface area contributed by atoms with Gasteiger partial charge in [0, 0.05) is 45.3 Å². The third kappa shape index (κ3) is 3.58. The van der Waals surface area contributed by atoms with Crippen molar-refractivity contribution in [2.45, 2.75) is 20.0 Å². The number of thiophene rings is 1. The van der Waals surface area contributed by atoms with E-state index in [1.165, 1.54) is 0 Å². The van der Waals surface area contributed by atoms with E-state index in [0.29, 0.717) is 0 Å². The maximum Gasteiger partial charge on any atom is 0.236 e. The second kappa shape index (κ2) is 6.88. The maximum atomic E-state index is 5.60. The van der Waals surface area contributed by atoms with Crippen LogP contribution in [-0.4, -0.2) is 46.1 Å². The molecule has 3 aromatic rings. The molecule has 0 radical (unpaired) electrons. The van der Waals surface area contributed by atoms with Gasteiger partial charge in [-0.2, -0.15) is 0 Å². The van der Waals surface area contributed by atoms with E-state index < -0.39 is 0 Å². The van der Waals surface area contributed by atoms with Crippen LogP contribution >= 0.6 is 11.3 Å². The minimum atomic E-state index is 0.722. The molecule has 0 aromatic carbocycles. The third-order valence-electron chi connectivity index (χ3n) is 4.20. The maximum absolute atomic E-state index is 5.60. The van der Waals surface area contributed by atoms with Crippen molar-refractivity contribution in [2.24, 2.45) is 0 Å². The molecular weight excluding hydrogens is 324 g/mol. The number of aromatic nitrogens is 2. The van der Waals surface area contributed by atoms with Gasteiger partial charge < -0.3 is 8.94 Å². The van der Waals surface area contributed by atoms with Crippen molar-refractivity contribution in [3.8, 4) is 10.8 Å².